The van der Waals surface area contributed by atoms with Gasteiger partial charge in [-0.2, -0.15) is 0 Å². The summed E-state index contributed by atoms with van der Waals surface area (Å²) in [6.45, 7) is 8.63. The van der Waals surface area contributed by atoms with Crippen LogP contribution in [0.5, 0.6) is 0 Å². The molecule has 0 amide bonds. The number of aryl methyl sites for hydroxylation is 4. The molecule has 0 fully saturated rings. The Morgan fingerprint density at radius 3 is 0.974 bits per heavy atom. The van der Waals surface area contributed by atoms with Crippen LogP contribution in [0.25, 0.3) is 188 Å². The molecule has 6 aromatic heterocycles. The van der Waals surface area contributed by atoms with Gasteiger partial charge in [-0.15, -0.1) is 0 Å². The van der Waals surface area contributed by atoms with E-state index in [9.17, 15) is 0 Å². The normalized spacial score (nSPS) is 11.3. The Morgan fingerprint density at radius 2 is 0.557 bits per heavy atom. The first-order valence-corrected chi connectivity index (χ1v) is 39.1. The van der Waals surface area contributed by atoms with E-state index >= 15 is 0 Å². The molecule has 0 N–H and O–H groups in total. The van der Waals surface area contributed by atoms with Gasteiger partial charge in [0.2, 0.25) is 5.89 Å². The topological polar surface area (TPSA) is 74.6 Å². The Kier molecular flexibility index (Phi) is 18.8. The van der Waals surface area contributed by atoms with Crippen molar-refractivity contribution in [1.82, 2.24) is 29.1 Å². The number of rotatable bonds is 9. The lowest BCUT2D eigenvalue weighted by Gasteiger charge is -2.17. The van der Waals surface area contributed by atoms with Crippen LogP contribution in [0.15, 0.2) is 405 Å². The number of nitrogens with zero attached hydrogens (tertiary/aromatic N) is 6. The second-order valence-electron chi connectivity index (χ2n) is 29.4. The van der Waals surface area contributed by atoms with Crippen LogP contribution in [0.4, 0.5) is 0 Å². The first-order chi connectivity index (χ1) is 56.7. The first-order valence-electron chi connectivity index (χ1n) is 39.1. The second-order valence-corrected chi connectivity index (χ2v) is 29.4. The SMILES string of the molecule is Cc1c2ccccc2c(-c2cc(-c3ccccn3)nc(-c3ccccn3)c2)c2ccccc12.Cc1cc(-n2c3ccccc3c3ccccc32)cc(-n2c3ccccc3c3ccccc32)c1.Cc1ccc(-c2c3ccccc3c(-c3ccccc3)c3ccccc23)cc1.Cc1ccc(-c2ccc(-c3nc4ccccc4o3)cc2)cc1. The van der Waals surface area contributed by atoms with Gasteiger partial charge in [-0.3, -0.25) is 9.97 Å². The Balaban J connectivity index is 0.000000104. The van der Waals surface area contributed by atoms with Crippen LogP contribution in [0.1, 0.15) is 22.3 Å². The van der Waals surface area contributed by atoms with Crippen molar-refractivity contribution in [2.45, 2.75) is 27.7 Å². The summed E-state index contributed by atoms with van der Waals surface area (Å²) in [5.41, 5.74) is 28.4. The van der Waals surface area contributed by atoms with Gasteiger partial charge in [0, 0.05) is 50.9 Å². The van der Waals surface area contributed by atoms with Gasteiger partial charge in [-0.05, 0) is 230 Å². The standard InChI is InChI=1S/C31H22N2.C30H21N3.C27H20.C20H15NO/c1-21-18-22(32-28-14-6-2-10-24(28)25-11-3-7-15-29(25)32)20-23(19-21)33-30-16-8-4-12-26(30)27-13-5-9-17-31(27)33;1-20-22-10-2-4-12-24(22)30(25-13-5-3-11-23(20)25)21-18-28(26-14-6-8-16-31-26)33-29(19-21)27-15-7-9-17-32-27;1-19-15-17-21(18-16-19)27-24-13-7-5-11-22(24)26(20-9-3-2-4-10-20)23-12-6-8-14-25(23)27;1-14-6-8-15(9-7-14)16-10-12-17(13-11-16)20-21-18-4-2-3-5-19(18)22-20/h2-20H,1H3;2-19H,1H3;2-18H,1H3;2-13H,1H3. The maximum atomic E-state index is 5.80. The van der Waals surface area contributed by atoms with Crippen LogP contribution >= 0.6 is 0 Å². The minimum atomic E-state index is 0.664. The lowest BCUT2D eigenvalue weighted by molar-refractivity contribution is 0.620. The van der Waals surface area contributed by atoms with E-state index in [0.717, 1.165) is 45.0 Å². The smallest absolute Gasteiger partial charge is 0.227 e. The van der Waals surface area contributed by atoms with Gasteiger partial charge in [0.25, 0.3) is 0 Å². The molecule has 0 spiro atoms. The predicted octanol–water partition coefficient (Wildman–Crippen LogP) is 28.8. The van der Waals surface area contributed by atoms with E-state index in [1.54, 1.807) is 12.4 Å². The van der Waals surface area contributed by atoms with Gasteiger partial charge in [0.15, 0.2) is 5.58 Å². The van der Waals surface area contributed by atoms with Crippen molar-refractivity contribution in [2.75, 3.05) is 0 Å². The summed E-state index contributed by atoms with van der Waals surface area (Å²) in [5.74, 6) is 0.664. The van der Waals surface area contributed by atoms with Gasteiger partial charge >= 0.3 is 0 Å². The zero-order valence-electron chi connectivity index (χ0n) is 64.2. The summed E-state index contributed by atoms with van der Waals surface area (Å²) in [6, 6.07) is 137. The molecule has 0 saturated heterocycles. The average Bonchev–Trinajstić information content (AvgIpc) is 1.70. The molecule has 0 unspecified atom stereocenters. The van der Waals surface area contributed by atoms with Crippen molar-refractivity contribution < 1.29 is 4.42 Å². The van der Waals surface area contributed by atoms with Crippen LogP contribution in [0, 0.1) is 27.7 Å². The van der Waals surface area contributed by atoms with Crippen molar-refractivity contribution in [2.24, 2.45) is 0 Å². The van der Waals surface area contributed by atoms with Gasteiger partial charge in [-0.1, -0.05) is 296 Å². The molecule has 546 valence electrons. The molecule has 22 aromatic rings. The highest BCUT2D eigenvalue weighted by Gasteiger charge is 2.21. The summed E-state index contributed by atoms with van der Waals surface area (Å²) in [4.78, 5) is 18.6. The first kappa shape index (κ1) is 70.5. The Bertz CT molecular complexity index is 6910. The molecule has 0 bridgehead atoms. The molecule has 7 nitrogen and oxygen atoms in total. The van der Waals surface area contributed by atoms with E-state index in [-0.39, 0.29) is 0 Å². The quantitative estimate of drug-likeness (QED) is 0.135. The summed E-state index contributed by atoms with van der Waals surface area (Å²) < 4.78 is 10.6. The Labute approximate surface area is 667 Å². The predicted molar refractivity (Wildman–Crippen MR) is 482 cm³/mol. The molecule has 0 atom stereocenters. The highest BCUT2D eigenvalue weighted by Crippen LogP contribution is 2.46. The Morgan fingerprint density at radius 1 is 0.226 bits per heavy atom. The molecule has 0 aliphatic rings. The fourth-order valence-electron chi connectivity index (χ4n) is 16.6. The van der Waals surface area contributed by atoms with Crippen LogP contribution in [0.2, 0.25) is 0 Å². The molecule has 0 aliphatic carbocycles. The molecule has 6 heterocycles. The molecular formula is C108H78N6O. The van der Waals surface area contributed by atoms with Crippen molar-refractivity contribution in [3.63, 3.8) is 0 Å². The fraction of sp³-hybridized carbons (Fsp3) is 0.0370. The van der Waals surface area contributed by atoms with Crippen LogP contribution in [-0.4, -0.2) is 29.1 Å². The fourth-order valence-corrected chi connectivity index (χ4v) is 16.6. The lowest BCUT2D eigenvalue weighted by Crippen LogP contribution is -1.99. The van der Waals surface area contributed by atoms with Crippen molar-refractivity contribution in [3.05, 3.63) is 423 Å². The number of para-hydroxylation sites is 6. The number of fused-ring (bicyclic) bond motifs is 11. The number of aromatic nitrogens is 6. The number of benzene rings is 16. The monoisotopic (exact) mass is 1470 g/mol. The highest BCUT2D eigenvalue weighted by molar-refractivity contribution is 6.22. The van der Waals surface area contributed by atoms with E-state index in [2.05, 4.69) is 379 Å². The molecule has 0 radical (unpaired) electrons. The molecule has 0 saturated carbocycles. The minimum Gasteiger partial charge on any atom is -0.436 e. The van der Waals surface area contributed by atoms with Crippen LogP contribution in [0.3, 0.4) is 0 Å². The van der Waals surface area contributed by atoms with Gasteiger partial charge < -0.3 is 13.6 Å². The van der Waals surface area contributed by atoms with Gasteiger partial charge in [0.1, 0.15) is 5.52 Å². The molecule has 0 aliphatic heterocycles. The summed E-state index contributed by atoms with van der Waals surface area (Å²) in [7, 11) is 0. The second kappa shape index (κ2) is 30.7. The van der Waals surface area contributed by atoms with Crippen molar-refractivity contribution >= 4 is 97.8 Å². The minimum absolute atomic E-state index is 0.664. The maximum absolute atomic E-state index is 5.80. The summed E-state index contributed by atoms with van der Waals surface area (Å²) in [5, 5.41) is 15.4. The molecule has 22 rings (SSSR count). The van der Waals surface area contributed by atoms with E-state index in [1.807, 2.05) is 60.7 Å². The van der Waals surface area contributed by atoms with Gasteiger partial charge in [0.05, 0.1) is 44.8 Å². The van der Waals surface area contributed by atoms with E-state index in [1.165, 1.54) is 159 Å². The van der Waals surface area contributed by atoms with E-state index < -0.39 is 0 Å². The van der Waals surface area contributed by atoms with Crippen LogP contribution in [-0.2, 0) is 0 Å². The summed E-state index contributed by atoms with van der Waals surface area (Å²) in [6.07, 6.45) is 3.61. The van der Waals surface area contributed by atoms with E-state index in [0.29, 0.717) is 5.89 Å². The van der Waals surface area contributed by atoms with E-state index in [4.69, 9.17) is 9.40 Å². The maximum Gasteiger partial charge on any atom is 0.227 e. The third-order valence-corrected chi connectivity index (χ3v) is 22.0. The lowest BCUT2D eigenvalue weighted by atomic mass is 9.86. The molecule has 115 heavy (non-hydrogen) atoms. The zero-order valence-corrected chi connectivity index (χ0v) is 64.2. The highest BCUT2D eigenvalue weighted by atomic mass is 16.3. The number of hydrogen-bond acceptors (Lipinski definition) is 5. The van der Waals surface area contributed by atoms with Crippen molar-refractivity contribution in [3.8, 4) is 90.1 Å². The molecule has 7 heteroatoms. The average molecular weight is 1480 g/mol. The Hall–Kier alpha value is -14.9. The number of oxazole rings is 1. The van der Waals surface area contributed by atoms with Crippen LogP contribution < -0.4 is 0 Å². The number of hydrogen-bond donors (Lipinski definition) is 0. The zero-order chi connectivity index (χ0) is 77.3. The van der Waals surface area contributed by atoms with Gasteiger partial charge in [-0.25, -0.2) is 9.97 Å². The molecule has 16 aromatic carbocycles. The molecular weight excluding hydrogens is 1400 g/mol. The number of pyridine rings is 3. The third-order valence-electron chi connectivity index (χ3n) is 22.0. The largest absolute Gasteiger partial charge is 0.436 e. The van der Waals surface area contributed by atoms with Crippen molar-refractivity contribution in [1.29, 1.82) is 0 Å². The third kappa shape index (κ3) is 13.6. The summed E-state index contributed by atoms with van der Waals surface area (Å²) >= 11 is 0.